The van der Waals surface area contributed by atoms with Crippen molar-refractivity contribution in [2.45, 2.75) is 6.92 Å². The Morgan fingerprint density at radius 2 is 1.67 bits per heavy atom. The van der Waals surface area contributed by atoms with Gasteiger partial charge in [-0.1, -0.05) is 6.92 Å². The van der Waals surface area contributed by atoms with Crippen LogP contribution in [0.4, 0.5) is 0 Å². The van der Waals surface area contributed by atoms with E-state index in [9.17, 15) is 0 Å². The van der Waals surface area contributed by atoms with E-state index >= 15 is 0 Å². The zero-order chi connectivity index (χ0) is 5.41. The fraction of sp³-hybridized carbons (Fsp3) is 1.00. The fourth-order valence-corrected chi connectivity index (χ4v) is 0. The first-order valence-electron chi connectivity index (χ1n) is 1.68. The van der Waals surface area contributed by atoms with Gasteiger partial charge in [0.1, 0.15) is 0 Å². The van der Waals surface area contributed by atoms with Crippen LogP contribution in [0, 0.1) is 0 Å². The molecule has 0 amide bonds. The molecule has 0 rings (SSSR count). The molecule has 6 heavy (non-hydrogen) atoms. The van der Waals surface area contributed by atoms with Crippen molar-refractivity contribution in [1.82, 2.24) is 5.43 Å². The highest BCUT2D eigenvalue weighted by atomic mass is 15.2. The summed E-state index contributed by atoms with van der Waals surface area (Å²) in [5.74, 6) is 12.8. The average Bonchev–Trinajstić information content (AvgIpc) is 1.72. The van der Waals surface area contributed by atoms with Crippen LogP contribution in [0.25, 0.3) is 0 Å². The lowest BCUT2D eigenvalue weighted by atomic mass is 10.8. The van der Waals surface area contributed by atoms with Crippen molar-refractivity contribution in [2.24, 2.45) is 17.5 Å². The zero-order valence-electron chi connectivity index (χ0n) is 3.94. The van der Waals surface area contributed by atoms with Crippen LogP contribution in [0.3, 0.4) is 0 Å². The summed E-state index contributed by atoms with van der Waals surface area (Å²) in [7, 11) is 0. The molecule has 7 N–H and O–H groups in total. The molecule has 40 valence electrons. The number of nitrogens with one attached hydrogen (secondary N) is 1. The summed E-state index contributed by atoms with van der Waals surface area (Å²) in [6.45, 7) is 2.79. The molecule has 4 heteroatoms. The SMILES string of the molecule is CCNN.NN. The lowest BCUT2D eigenvalue weighted by Gasteiger charge is -1.77. The van der Waals surface area contributed by atoms with E-state index in [0.29, 0.717) is 0 Å². The lowest BCUT2D eigenvalue weighted by Crippen LogP contribution is -2.20. The molecule has 0 aromatic rings. The Morgan fingerprint density at radius 3 is 1.67 bits per heavy atom. The quantitative estimate of drug-likeness (QED) is 0.229. The Labute approximate surface area is 37.6 Å². The van der Waals surface area contributed by atoms with E-state index in [1.807, 2.05) is 6.92 Å². The van der Waals surface area contributed by atoms with Gasteiger partial charge in [-0.25, -0.2) is 0 Å². The van der Waals surface area contributed by atoms with E-state index in [1.54, 1.807) is 0 Å². The molecule has 0 spiro atoms. The molecule has 0 saturated heterocycles. The molecule has 0 aromatic heterocycles. The second-order valence-corrected chi connectivity index (χ2v) is 0.558. The summed E-state index contributed by atoms with van der Waals surface area (Å²) in [5.41, 5.74) is 2.43. The van der Waals surface area contributed by atoms with Crippen molar-refractivity contribution in [3.8, 4) is 0 Å². The molecule has 0 aliphatic heterocycles. The van der Waals surface area contributed by atoms with Crippen LogP contribution in [0.1, 0.15) is 6.92 Å². The van der Waals surface area contributed by atoms with Gasteiger partial charge in [-0.05, 0) is 0 Å². The van der Waals surface area contributed by atoms with Crippen molar-refractivity contribution < 1.29 is 0 Å². The van der Waals surface area contributed by atoms with Crippen LogP contribution in [0.2, 0.25) is 0 Å². The van der Waals surface area contributed by atoms with E-state index < -0.39 is 0 Å². The van der Waals surface area contributed by atoms with E-state index in [4.69, 9.17) is 5.84 Å². The first kappa shape index (κ1) is 9.28. The minimum atomic E-state index is 0.847. The molecule has 0 radical (unpaired) electrons. The molecule has 0 heterocycles. The van der Waals surface area contributed by atoms with Crippen LogP contribution < -0.4 is 23.0 Å². The van der Waals surface area contributed by atoms with Gasteiger partial charge in [-0.2, -0.15) is 0 Å². The minimum Gasteiger partial charge on any atom is -0.274 e. The Kier molecular flexibility index (Phi) is 32.6. The van der Waals surface area contributed by atoms with Gasteiger partial charge < -0.3 is 0 Å². The molecule has 0 atom stereocenters. The molecule has 4 nitrogen and oxygen atoms in total. The Hall–Kier alpha value is -0.160. The molecule has 0 bridgehead atoms. The van der Waals surface area contributed by atoms with Gasteiger partial charge in [0.15, 0.2) is 0 Å². The Balaban J connectivity index is 0. The van der Waals surface area contributed by atoms with Crippen molar-refractivity contribution in [2.75, 3.05) is 6.54 Å². The first-order valence-corrected chi connectivity index (χ1v) is 1.68. The molecule has 0 fully saturated rings. The number of hydrogen-bond donors (Lipinski definition) is 4. The van der Waals surface area contributed by atoms with Gasteiger partial charge in [-0.15, -0.1) is 0 Å². The third-order valence-electron chi connectivity index (χ3n) is 0.204. The predicted molar refractivity (Wildman–Crippen MR) is 26.2 cm³/mol. The van der Waals surface area contributed by atoms with Crippen molar-refractivity contribution in [3.05, 3.63) is 0 Å². The number of hydrogen-bond acceptors (Lipinski definition) is 4. The third kappa shape index (κ3) is 43.9. The summed E-state index contributed by atoms with van der Waals surface area (Å²) in [5, 5.41) is 0. The third-order valence-corrected chi connectivity index (χ3v) is 0.204. The maximum Gasteiger partial charge on any atom is 0.00689 e. The van der Waals surface area contributed by atoms with Crippen LogP contribution in [0.15, 0.2) is 0 Å². The van der Waals surface area contributed by atoms with Gasteiger partial charge in [0.05, 0.1) is 0 Å². The van der Waals surface area contributed by atoms with E-state index in [2.05, 4.69) is 17.1 Å². The summed E-state index contributed by atoms with van der Waals surface area (Å²) in [6.07, 6.45) is 0. The molecular formula is C2H12N4. The first-order chi connectivity index (χ1) is 2.91. The molecule has 0 aromatic carbocycles. The van der Waals surface area contributed by atoms with E-state index in [0.717, 1.165) is 6.54 Å². The molecule has 0 saturated carbocycles. The van der Waals surface area contributed by atoms with Crippen LogP contribution in [0.5, 0.6) is 0 Å². The smallest absolute Gasteiger partial charge is 0.00689 e. The normalized spacial score (nSPS) is 6.00. The van der Waals surface area contributed by atoms with Crippen LogP contribution in [-0.4, -0.2) is 6.54 Å². The molecule has 0 unspecified atom stereocenters. The van der Waals surface area contributed by atoms with E-state index in [-0.39, 0.29) is 0 Å². The average molecular weight is 92.1 g/mol. The maximum atomic E-state index is 4.78. The monoisotopic (exact) mass is 92.1 g/mol. The molecule has 0 aliphatic carbocycles. The van der Waals surface area contributed by atoms with E-state index in [1.165, 1.54) is 0 Å². The topological polar surface area (TPSA) is 90.1 Å². The van der Waals surface area contributed by atoms with Crippen LogP contribution >= 0.6 is 0 Å². The van der Waals surface area contributed by atoms with Gasteiger partial charge in [0, 0.05) is 6.54 Å². The largest absolute Gasteiger partial charge is 0.274 e. The zero-order valence-corrected chi connectivity index (χ0v) is 3.94. The second kappa shape index (κ2) is 21.1. The van der Waals surface area contributed by atoms with Crippen molar-refractivity contribution >= 4 is 0 Å². The Bertz CT molecular complexity index is 7.51. The minimum absolute atomic E-state index is 0.847. The molecule has 0 aliphatic rings. The van der Waals surface area contributed by atoms with Gasteiger partial charge in [0.25, 0.3) is 0 Å². The summed E-state index contributed by atoms with van der Waals surface area (Å²) >= 11 is 0. The predicted octanol–water partition coefficient (Wildman–Crippen LogP) is -1.71. The van der Waals surface area contributed by atoms with Gasteiger partial charge in [0.2, 0.25) is 0 Å². The summed E-state index contributed by atoms with van der Waals surface area (Å²) < 4.78 is 0. The number of nitrogens with two attached hydrogens (primary N) is 3. The van der Waals surface area contributed by atoms with Gasteiger partial charge >= 0.3 is 0 Å². The fourth-order valence-electron chi connectivity index (χ4n) is 0. The summed E-state index contributed by atoms with van der Waals surface area (Å²) in [6, 6.07) is 0. The lowest BCUT2D eigenvalue weighted by molar-refractivity contribution is 0.781. The number of rotatable bonds is 1. The number of hydrazine groups is 2. The van der Waals surface area contributed by atoms with Crippen molar-refractivity contribution in [3.63, 3.8) is 0 Å². The maximum absolute atomic E-state index is 4.78. The highest BCUT2D eigenvalue weighted by Gasteiger charge is 1.50. The van der Waals surface area contributed by atoms with Gasteiger partial charge in [-0.3, -0.25) is 23.0 Å². The summed E-state index contributed by atoms with van der Waals surface area (Å²) in [4.78, 5) is 0. The highest BCUT2D eigenvalue weighted by molar-refractivity contribution is 4.10. The van der Waals surface area contributed by atoms with Crippen LogP contribution in [-0.2, 0) is 0 Å². The Morgan fingerprint density at radius 1 is 1.50 bits per heavy atom. The molecular weight excluding hydrogens is 80.0 g/mol. The van der Waals surface area contributed by atoms with Crippen molar-refractivity contribution in [1.29, 1.82) is 0 Å². The standard InChI is InChI=1S/C2H8N2.H4N2/c1-2-4-3;1-2/h4H,2-3H2,1H3;1-2H2. The highest BCUT2D eigenvalue weighted by Crippen LogP contribution is 1.30. The second-order valence-electron chi connectivity index (χ2n) is 0.558.